The molecule has 1 amide bonds. The first-order valence-corrected chi connectivity index (χ1v) is 22.2. The second-order valence-electron chi connectivity index (χ2n) is 17.2. The molecule has 4 aliphatic heterocycles. The number of rotatable bonds is 3. The minimum Gasteiger partial charge on any atom is -0.490 e. The Hall–Kier alpha value is -2.34. The molecule has 1 spiro atoms. The molecule has 8 atom stereocenters. The Bertz CT molecular complexity index is 1790. The molecule has 2 aromatic rings. The number of nitrogens with one attached hydrogen (secondary N) is 1. The number of anilines is 1. The Balaban J connectivity index is 1.17. The zero-order chi connectivity index (χ0) is 37.0. The van der Waals surface area contributed by atoms with Crippen molar-refractivity contribution in [2.75, 3.05) is 77.6 Å². The minimum atomic E-state index is -2.92. The van der Waals surface area contributed by atoms with Crippen LogP contribution in [0.1, 0.15) is 80.3 Å². The summed E-state index contributed by atoms with van der Waals surface area (Å²) in [5.41, 5.74) is 3.53. The van der Waals surface area contributed by atoms with Crippen molar-refractivity contribution >= 4 is 38.8 Å². The Morgan fingerprint density at radius 2 is 1.92 bits per heavy atom. The molecule has 0 aromatic heterocycles. The van der Waals surface area contributed by atoms with Gasteiger partial charge in [0.1, 0.15) is 5.75 Å². The van der Waals surface area contributed by atoms with Crippen LogP contribution < -0.4 is 14.4 Å². The molecule has 290 valence electrons. The monoisotopic (exact) mass is 766 g/mol. The third-order valence-electron chi connectivity index (χ3n) is 14.2. The maximum absolute atomic E-state index is 14.1. The molecule has 0 radical (unpaired) electrons. The van der Waals surface area contributed by atoms with Crippen molar-refractivity contribution in [2.45, 2.75) is 87.5 Å². The fraction of sp³-hybridized carbons (Fsp3) is 0.667. The summed E-state index contributed by atoms with van der Waals surface area (Å²) >= 11 is 6.53. The largest absolute Gasteiger partial charge is 0.490 e. The molecule has 9 nitrogen and oxygen atoms in total. The van der Waals surface area contributed by atoms with E-state index in [0.29, 0.717) is 30.0 Å². The maximum Gasteiger partial charge on any atom is 0.262 e. The third kappa shape index (κ3) is 7.26. The predicted octanol–water partition coefficient (Wildman–Crippen LogP) is 5.81. The van der Waals surface area contributed by atoms with E-state index in [2.05, 4.69) is 44.3 Å². The van der Waals surface area contributed by atoms with Crippen LogP contribution >= 0.6 is 11.6 Å². The SMILES string of the molecule is C=S1(=O)NC(=O)c2ccc3c(c2)N(C[C@@H]2CC[C@H]2[C@](CN2CCN4CCOC[C@H]4C2)(OC)CCC[C@H](C)[C@H]1C)C[C@@]1(CCCc2cc(Cl)ccc21)CO3. The van der Waals surface area contributed by atoms with E-state index in [-0.39, 0.29) is 28.1 Å². The highest BCUT2D eigenvalue weighted by Gasteiger charge is 2.51. The second-order valence-corrected chi connectivity index (χ2v) is 20.1. The quantitative estimate of drug-likeness (QED) is 0.393. The number of aryl methyl sites for hydroxylation is 1. The van der Waals surface area contributed by atoms with E-state index in [1.165, 1.54) is 11.1 Å². The molecule has 6 aliphatic rings. The molecule has 1 N–H and O–H groups in total. The molecule has 11 heteroatoms. The molecular formula is C42H59ClN4O5S. The number of amides is 1. The maximum atomic E-state index is 14.1. The molecule has 53 heavy (non-hydrogen) atoms. The van der Waals surface area contributed by atoms with Crippen molar-refractivity contribution < 1.29 is 23.2 Å². The Morgan fingerprint density at radius 1 is 1.06 bits per heavy atom. The first kappa shape index (κ1) is 37.6. The molecule has 2 aliphatic carbocycles. The van der Waals surface area contributed by atoms with Crippen molar-refractivity contribution in [2.24, 2.45) is 17.8 Å². The molecule has 2 aromatic carbocycles. The van der Waals surface area contributed by atoms with Gasteiger partial charge in [-0.25, -0.2) is 4.21 Å². The summed E-state index contributed by atoms with van der Waals surface area (Å²) in [7, 11) is -0.982. The summed E-state index contributed by atoms with van der Waals surface area (Å²) in [5, 5.41) is 0.489. The number of piperazine rings is 1. The summed E-state index contributed by atoms with van der Waals surface area (Å²) in [5.74, 6) is 5.47. The van der Waals surface area contributed by atoms with Crippen molar-refractivity contribution in [3.63, 3.8) is 0 Å². The number of benzene rings is 2. The lowest BCUT2D eigenvalue weighted by Crippen LogP contribution is -2.63. The van der Waals surface area contributed by atoms with Crippen LogP contribution in [0.2, 0.25) is 5.02 Å². The van der Waals surface area contributed by atoms with Crippen LogP contribution in [0.4, 0.5) is 5.69 Å². The van der Waals surface area contributed by atoms with Gasteiger partial charge in [0.25, 0.3) is 5.91 Å². The van der Waals surface area contributed by atoms with Crippen LogP contribution in [0.15, 0.2) is 36.4 Å². The van der Waals surface area contributed by atoms with E-state index in [0.717, 1.165) is 127 Å². The summed E-state index contributed by atoms with van der Waals surface area (Å²) in [6.45, 7) is 13.0. The van der Waals surface area contributed by atoms with Gasteiger partial charge in [-0.1, -0.05) is 31.0 Å². The fourth-order valence-electron chi connectivity index (χ4n) is 10.7. The van der Waals surface area contributed by atoms with Gasteiger partial charge in [-0.2, -0.15) is 0 Å². The van der Waals surface area contributed by atoms with Gasteiger partial charge in [-0.05, 0) is 117 Å². The number of nitrogens with zero attached hydrogens (tertiary/aromatic N) is 3. The number of carbonyl (C=O) groups excluding carboxylic acids is 1. The topological polar surface area (TPSA) is 83.6 Å². The summed E-state index contributed by atoms with van der Waals surface area (Å²) in [4.78, 5) is 21.6. The van der Waals surface area contributed by atoms with Gasteiger partial charge < -0.3 is 19.1 Å². The highest BCUT2D eigenvalue weighted by atomic mass is 35.5. The number of fused-ring (bicyclic) bond motifs is 5. The number of halogens is 1. The second kappa shape index (κ2) is 15.0. The molecular weight excluding hydrogens is 708 g/mol. The minimum absolute atomic E-state index is 0.114. The summed E-state index contributed by atoms with van der Waals surface area (Å²) in [6, 6.07) is 12.5. The number of hydrogen-bond acceptors (Lipinski definition) is 8. The lowest BCUT2D eigenvalue weighted by Gasteiger charge is -2.54. The first-order valence-electron chi connectivity index (χ1n) is 20.1. The molecule has 8 rings (SSSR count). The predicted molar refractivity (Wildman–Crippen MR) is 214 cm³/mol. The zero-order valence-corrected chi connectivity index (χ0v) is 33.5. The molecule has 2 bridgehead atoms. The zero-order valence-electron chi connectivity index (χ0n) is 32.0. The van der Waals surface area contributed by atoms with Crippen LogP contribution in [0.25, 0.3) is 0 Å². The number of carbonyl (C=O) groups is 1. The standard InChI is InChI=1S/C42H59ClN4O5S/c1-29-7-5-16-42(50-3,27-45-17-18-46-19-20-51-25-35(46)24-45)37-12-9-33(37)23-47-26-41(15-6-8-31-21-34(43)11-13-36(31)41)28-52-39-14-10-32(22-38(39)47)40(48)44-53(4,49)30(29)2/h10-11,13-14,21-22,29-30,33,35,37H,4-9,12,15-20,23-28H2,1-3H3,(H,44,48,49)/t29-,30+,33-,35+,37+,41-,42-,53?/m0/s1. The normalized spacial score (nSPS) is 36.9. The Labute approximate surface area is 322 Å². The molecule has 2 saturated heterocycles. The van der Waals surface area contributed by atoms with Gasteiger partial charge >= 0.3 is 0 Å². The van der Waals surface area contributed by atoms with E-state index in [1.54, 1.807) is 0 Å². The van der Waals surface area contributed by atoms with Crippen molar-refractivity contribution in [1.29, 1.82) is 0 Å². The molecule has 3 fully saturated rings. The van der Waals surface area contributed by atoms with E-state index in [9.17, 15) is 9.00 Å². The number of ether oxygens (including phenoxy) is 3. The summed E-state index contributed by atoms with van der Waals surface area (Å²) < 4.78 is 36.5. The van der Waals surface area contributed by atoms with Crippen molar-refractivity contribution in [3.8, 4) is 5.75 Å². The van der Waals surface area contributed by atoms with Gasteiger partial charge in [0.05, 0.1) is 40.8 Å². The fourth-order valence-corrected chi connectivity index (χ4v) is 12.4. The average Bonchev–Trinajstić information content (AvgIpc) is 3.28. The van der Waals surface area contributed by atoms with Crippen LogP contribution in [-0.2, 0) is 31.0 Å². The van der Waals surface area contributed by atoms with E-state index < -0.39 is 9.71 Å². The number of hydrogen-bond donors (Lipinski definition) is 1. The van der Waals surface area contributed by atoms with Crippen LogP contribution in [0.3, 0.4) is 0 Å². The summed E-state index contributed by atoms with van der Waals surface area (Å²) in [6.07, 6.45) is 8.17. The van der Waals surface area contributed by atoms with Gasteiger partial charge in [-0.3, -0.25) is 19.3 Å². The smallest absolute Gasteiger partial charge is 0.262 e. The highest BCUT2D eigenvalue weighted by Crippen LogP contribution is 2.50. The van der Waals surface area contributed by atoms with Gasteiger partial charge in [0.15, 0.2) is 0 Å². The third-order valence-corrected chi connectivity index (χ3v) is 16.6. The average molecular weight is 767 g/mol. The van der Waals surface area contributed by atoms with E-state index in [4.69, 9.17) is 25.8 Å². The first-order chi connectivity index (χ1) is 25.5. The lowest BCUT2D eigenvalue weighted by molar-refractivity contribution is -0.140. The van der Waals surface area contributed by atoms with Gasteiger partial charge in [0, 0.05) is 80.2 Å². The molecule has 1 saturated carbocycles. The number of methoxy groups -OCH3 is 1. The number of morpholine rings is 1. The highest BCUT2D eigenvalue weighted by molar-refractivity contribution is 7.99. The van der Waals surface area contributed by atoms with Gasteiger partial charge in [-0.15, -0.1) is 0 Å². The van der Waals surface area contributed by atoms with Crippen LogP contribution in [0.5, 0.6) is 5.75 Å². The van der Waals surface area contributed by atoms with Crippen LogP contribution in [-0.4, -0.2) is 115 Å². The Morgan fingerprint density at radius 3 is 2.74 bits per heavy atom. The molecule has 4 heterocycles. The molecule has 1 unspecified atom stereocenters. The van der Waals surface area contributed by atoms with Crippen LogP contribution in [0, 0.1) is 17.8 Å². The van der Waals surface area contributed by atoms with Crippen molar-refractivity contribution in [1.82, 2.24) is 14.5 Å². The van der Waals surface area contributed by atoms with Gasteiger partial charge in [0.2, 0.25) is 0 Å². The van der Waals surface area contributed by atoms with E-state index >= 15 is 0 Å². The van der Waals surface area contributed by atoms with E-state index in [1.807, 2.05) is 38.3 Å². The lowest BCUT2D eigenvalue weighted by atomic mass is 9.62. The Kier molecular flexibility index (Phi) is 10.6. The van der Waals surface area contributed by atoms with Crippen molar-refractivity contribution in [3.05, 3.63) is 58.1 Å².